The fourth-order valence-electron chi connectivity index (χ4n) is 2.80. The molecule has 3 rings (SSSR count). The van der Waals surface area contributed by atoms with E-state index in [1.54, 1.807) is 36.9 Å². The quantitative estimate of drug-likeness (QED) is 0.904. The van der Waals surface area contributed by atoms with Crippen LogP contribution in [0.5, 0.6) is 0 Å². The van der Waals surface area contributed by atoms with E-state index >= 15 is 0 Å². The van der Waals surface area contributed by atoms with Crippen molar-refractivity contribution in [3.8, 4) is 0 Å². The van der Waals surface area contributed by atoms with Gasteiger partial charge in [-0.15, -0.1) is 11.8 Å². The summed E-state index contributed by atoms with van der Waals surface area (Å²) in [6.45, 7) is 3.47. The summed E-state index contributed by atoms with van der Waals surface area (Å²) in [6.07, 6.45) is 0. The predicted octanol–water partition coefficient (Wildman–Crippen LogP) is 3.82. The molecule has 0 spiro atoms. The minimum absolute atomic E-state index is 0.126. The highest BCUT2D eigenvalue weighted by Gasteiger charge is 2.43. The molecule has 130 valence electrons. The number of halogens is 1. The Morgan fingerprint density at radius 2 is 1.84 bits per heavy atom. The van der Waals surface area contributed by atoms with Crippen LogP contribution in [-0.2, 0) is 15.3 Å². The van der Waals surface area contributed by atoms with E-state index in [4.69, 9.17) is 0 Å². The molecule has 2 aromatic rings. The summed E-state index contributed by atoms with van der Waals surface area (Å²) in [4.78, 5) is 26.8. The van der Waals surface area contributed by atoms with Gasteiger partial charge >= 0.3 is 0 Å². The predicted molar refractivity (Wildman–Crippen MR) is 99.2 cm³/mol. The number of nitrogens with one attached hydrogen (secondary N) is 1. The molecule has 2 aromatic carbocycles. The number of amides is 2. The lowest BCUT2D eigenvalue weighted by Crippen LogP contribution is -2.58. The second kappa shape index (κ2) is 6.88. The summed E-state index contributed by atoms with van der Waals surface area (Å²) in [5, 5.41) is 2.85. The van der Waals surface area contributed by atoms with Gasteiger partial charge in [0.15, 0.2) is 0 Å². The average Bonchev–Trinajstić information content (AvgIpc) is 2.57. The van der Waals surface area contributed by atoms with E-state index in [0.29, 0.717) is 17.1 Å². The molecule has 0 saturated heterocycles. The molecular weight excluding hydrogens is 339 g/mol. The number of benzene rings is 2. The van der Waals surface area contributed by atoms with E-state index in [0.717, 1.165) is 5.56 Å². The fourth-order valence-corrected chi connectivity index (χ4v) is 3.63. The molecule has 0 atom stereocenters. The molecular formula is C19H19FN2O2S. The highest BCUT2D eigenvalue weighted by atomic mass is 32.2. The van der Waals surface area contributed by atoms with E-state index in [9.17, 15) is 14.0 Å². The zero-order valence-electron chi connectivity index (χ0n) is 14.1. The monoisotopic (exact) mass is 358 g/mol. The molecule has 6 heteroatoms. The van der Waals surface area contributed by atoms with E-state index in [2.05, 4.69) is 5.32 Å². The maximum atomic E-state index is 12.9. The summed E-state index contributed by atoms with van der Waals surface area (Å²) in [7, 11) is 0. The first kappa shape index (κ1) is 17.5. The van der Waals surface area contributed by atoms with Crippen molar-refractivity contribution < 1.29 is 14.0 Å². The fraction of sp³-hybridized carbons (Fsp3) is 0.263. The van der Waals surface area contributed by atoms with E-state index in [-0.39, 0.29) is 23.4 Å². The Morgan fingerprint density at radius 1 is 1.16 bits per heavy atom. The number of carbonyl (C=O) groups excluding carboxylic acids is 2. The molecule has 1 heterocycles. The minimum atomic E-state index is -0.956. The van der Waals surface area contributed by atoms with Gasteiger partial charge in [-0.3, -0.25) is 14.5 Å². The third-order valence-corrected chi connectivity index (χ3v) is 5.15. The molecule has 0 radical (unpaired) electrons. The number of anilines is 2. The van der Waals surface area contributed by atoms with Crippen molar-refractivity contribution >= 4 is 35.0 Å². The summed E-state index contributed by atoms with van der Waals surface area (Å²) in [6, 6.07) is 13.5. The Kier molecular flexibility index (Phi) is 4.81. The number of hydrogen-bond donors (Lipinski definition) is 1. The second-order valence-corrected chi connectivity index (χ2v) is 7.36. The van der Waals surface area contributed by atoms with Crippen molar-refractivity contribution in [2.75, 3.05) is 16.0 Å². The molecule has 1 N–H and O–H groups in total. The third-order valence-electron chi connectivity index (χ3n) is 4.16. The first-order valence-corrected chi connectivity index (χ1v) is 9.11. The number of thioether (sulfide) groups is 1. The molecule has 0 aromatic heterocycles. The van der Waals surface area contributed by atoms with Gasteiger partial charge in [-0.25, -0.2) is 4.39 Å². The summed E-state index contributed by atoms with van der Waals surface area (Å²) in [5.41, 5.74) is 1.35. The Hall–Kier alpha value is -2.34. The summed E-state index contributed by atoms with van der Waals surface area (Å²) >= 11 is 1.45. The average molecular weight is 358 g/mol. The van der Waals surface area contributed by atoms with Crippen LogP contribution in [-0.4, -0.2) is 23.1 Å². The van der Waals surface area contributed by atoms with Gasteiger partial charge in [0.25, 0.3) is 0 Å². The molecule has 0 bridgehead atoms. The van der Waals surface area contributed by atoms with Crippen LogP contribution in [0.3, 0.4) is 0 Å². The Labute approximate surface area is 150 Å². The van der Waals surface area contributed by atoms with Crippen LogP contribution in [0.4, 0.5) is 15.8 Å². The van der Waals surface area contributed by atoms with Gasteiger partial charge in [-0.05, 0) is 43.7 Å². The highest BCUT2D eigenvalue weighted by molar-refractivity contribution is 7.99. The zero-order valence-corrected chi connectivity index (χ0v) is 14.9. The Balaban J connectivity index is 1.73. The van der Waals surface area contributed by atoms with Gasteiger partial charge in [0.05, 0.1) is 17.1 Å². The Morgan fingerprint density at radius 3 is 2.56 bits per heavy atom. The van der Waals surface area contributed by atoms with E-state index in [1.165, 1.54) is 23.9 Å². The number of fused-ring (bicyclic) bond motifs is 1. The van der Waals surface area contributed by atoms with Gasteiger partial charge in [0.2, 0.25) is 11.8 Å². The summed E-state index contributed by atoms with van der Waals surface area (Å²) < 4.78 is 12.9. The molecule has 1 aliphatic heterocycles. The third kappa shape index (κ3) is 3.54. The number of carbonyl (C=O) groups is 2. The van der Waals surface area contributed by atoms with Crippen LogP contribution in [0.1, 0.15) is 19.4 Å². The lowest BCUT2D eigenvalue weighted by molar-refractivity contribution is -0.125. The van der Waals surface area contributed by atoms with Crippen molar-refractivity contribution in [1.29, 1.82) is 0 Å². The Bertz CT molecular complexity index is 805. The van der Waals surface area contributed by atoms with Crippen LogP contribution in [0.2, 0.25) is 0 Å². The van der Waals surface area contributed by atoms with Crippen molar-refractivity contribution in [3.63, 3.8) is 0 Å². The minimum Gasteiger partial charge on any atom is -0.322 e. The van der Waals surface area contributed by atoms with Crippen LogP contribution < -0.4 is 10.2 Å². The van der Waals surface area contributed by atoms with Gasteiger partial charge in [0, 0.05) is 5.75 Å². The van der Waals surface area contributed by atoms with Gasteiger partial charge < -0.3 is 5.32 Å². The second-order valence-electron chi connectivity index (χ2n) is 6.38. The van der Waals surface area contributed by atoms with Gasteiger partial charge in [-0.1, -0.05) is 24.3 Å². The maximum Gasteiger partial charge on any atom is 0.250 e. The molecule has 1 aliphatic rings. The van der Waals surface area contributed by atoms with Crippen molar-refractivity contribution in [2.24, 2.45) is 0 Å². The van der Waals surface area contributed by atoms with Crippen molar-refractivity contribution in [3.05, 3.63) is 59.9 Å². The number of hydrogen-bond acceptors (Lipinski definition) is 3. The topological polar surface area (TPSA) is 49.4 Å². The highest BCUT2D eigenvalue weighted by Crippen LogP contribution is 2.37. The van der Waals surface area contributed by atoms with Crippen LogP contribution >= 0.6 is 11.8 Å². The molecule has 4 nitrogen and oxygen atoms in total. The van der Waals surface area contributed by atoms with Gasteiger partial charge in [0.1, 0.15) is 11.4 Å². The molecule has 0 saturated carbocycles. The molecule has 0 fully saturated rings. The van der Waals surface area contributed by atoms with Crippen molar-refractivity contribution in [2.45, 2.75) is 25.1 Å². The van der Waals surface area contributed by atoms with Gasteiger partial charge in [-0.2, -0.15) is 0 Å². The number of nitrogens with zero attached hydrogens (tertiary/aromatic N) is 1. The summed E-state index contributed by atoms with van der Waals surface area (Å²) in [5.74, 6) is 0.237. The van der Waals surface area contributed by atoms with E-state index < -0.39 is 5.54 Å². The lowest BCUT2D eigenvalue weighted by atomic mass is 9.96. The van der Waals surface area contributed by atoms with Crippen LogP contribution in [0.25, 0.3) is 0 Å². The first-order valence-electron chi connectivity index (χ1n) is 7.95. The van der Waals surface area contributed by atoms with Crippen molar-refractivity contribution in [1.82, 2.24) is 0 Å². The zero-order chi connectivity index (χ0) is 18.0. The normalized spacial score (nSPS) is 15.5. The SMILES string of the molecule is CC1(C)C(=O)Nc2ccccc2N1C(=O)CSCc1ccc(F)cc1. The number of para-hydroxylation sites is 2. The van der Waals surface area contributed by atoms with E-state index in [1.807, 2.05) is 18.2 Å². The number of rotatable bonds is 4. The maximum absolute atomic E-state index is 12.9. The lowest BCUT2D eigenvalue weighted by Gasteiger charge is -2.42. The molecule has 0 unspecified atom stereocenters. The first-order chi connectivity index (χ1) is 11.9. The smallest absolute Gasteiger partial charge is 0.250 e. The molecule has 25 heavy (non-hydrogen) atoms. The van der Waals surface area contributed by atoms with Crippen LogP contribution in [0.15, 0.2) is 48.5 Å². The standard InChI is InChI=1S/C19H19FN2O2S/c1-19(2)18(24)21-15-5-3-4-6-16(15)22(19)17(23)12-25-11-13-7-9-14(20)10-8-13/h3-10H,11-12H2,1-2H3,(H,21,24). The molecule has 0 aliphatic carbocycles. The van der Waals surface area contributed by atoms with Crippen LogP contribution in [0, 0.1) is 5.82 Å². The molecule has 2 amide bonds. The largest absolute Gasteiger partial charge is 0.322 e.